The highest BCUT2D eigenvalue weighted by molar-refractivity contribution is 7.89. The van der Waals surface area contributed by atoms with Gasteiger partial charge in [0.25, 0.3) is 0 Å². The van der Waals surface area contributed by atoms with Gasteiger partial charge in [0.1, 0.15) is 6.04 Å². The van der Waals surface area contributed by atoms with Crippen LogP contribution in [0.3, 0.4) is 0 Å². The Labute approximate surface area is 126 Å². The number of hydrogen-bond donors (Lipinski definition) is 1. The fourth-order valence-electron chi connectivity index (χ4n) is 2.38. The van der Waals surface area contributed by atoms with E-state index >= 15 is 0 Å². The minimum atomic E-state index is -4.06. The maximum Gasteiger partial charge on any atom is 0.322 e. The van der Waals surface area contributed by atoms with E-state index in [0.29, 0.717) is 6.42 Å². The number of ether oxygens (including phenoxy) is 1. The lowest BCUT2D eigenvalue weighted by Gasteiger charge is -2.21. The molecule has 1 aliphatic rings. The van der Waals surface area contributed by atoms with Gasteiger partial charge in [0.15, 0.2) is 5.75 Å². The first-order valence-electron chi connectivity index (χ1n) is 6.36. The lowest BCUT2D eigenvalue weighted by molar-refractivity contribution is -0.385. The summed E-state index contributed by atoms with van der Waals surface area (Å²) in [6.07, 6.45) is 0.680. The van der Waals surface area contributed by atoms with E-state index in [1.807, 2.05) is 0 Å². The van der Waals surface area contributed by atoms with Gasteiger partial charge in [-0.25, -0.2) is 8.42 Å². The molecule has 1 N–H and O–H groups in total. The van der Waals surface area contributed by atoms with Crippen molar-refractivity contribution >= 4 is 21.7 Å². The molecule has 0 bridgehead atoms. The third kappa shape index (κ3) is 2.74. The third-order valence-electron chi connectivity index (χ3n) is 3.44. The third-order valence-corrected chi connectivity index (χ3v) is 5.35. The summed E-state index contributed by atoms with van der Waals surface area (Å²) in [5.74, 6) is -1.41. The highest BCUT2D eigenvalue weighted by Crippen LogP contribution is 2.32. The molecule has 0 aliphatic carbocycles. The molecule has 0 radical (unpaired) electrons. The van der Waals surface area contributed by atoms with Gasteiger partial charge in [-0.05, 0) is 18.9 Å². The van der Waals surface area contributed by atoms with Crippen molar-refractivity contribution in [1.82, 2.24) is 4.31 Å². The van der Waals surface area contributed by atoms with Crippen molar-refractivity contribution in [3.8, 4) is 5.75 Å². The molecule has 1 aromatic carbocycles. The van der Waals surface area contributed by atoms with Gasteiger partial charge in [-0.2, -0.15) is 4.31 Å². The lowest BCUT2D eigenvalue weighted by Crippen LogP contribution is -2.40. The van der Waals surface area contributed by atoms with Crippen LogP contribution in [-0.2, 0) is 14.8 Å². The predicted molar refractivity (Wildman–Crippen MR) is 74.2 cm³/mol. The monoisotopic (exact) mass is 330 g/mol. The molecule has 0 aromatic heterocycles. The molecule has 1 saturated heterocycles. The average Bonchev–Trinajstić information content (AvgIpc) is 2.96. The molecule has 1 aromatic rings. The highest BCUT2D eigenvalue weighted by atomic mass is 32.2. The predicted octanol–water partition coefficient (Wildman–Crippen LogP) is 0.841. The molecule has 0 saturated carbocycles. The summed E-state index contributed by atoms with van der Waals surface area (Å²) in [6.45, 7) is 0.0958. The molecule has 0 spiro atoms. The maximum atomic E-state index is 12.5. The van der Waals surface area contributed by atoms with Crippen LogP contribution in [0.5, 0.6) is 5.75 Å². The number of nitrogens with zero attached hydrogens (tertiary/aromatic N) is 2. The smallest absolute Gasteiger partial charge is 0.322 e. The van der Waals surface area contributed by atoms with Gasteiger partial charge in [-0.15, -0.1) is 0 Å². The molecule has 1 fully saturated rings. The van der Waals surface area contributed by atoms with Crippen molar-refractivity contribution in [1.29, 1.82) is 0 Å². The quantitative estimate of drug-likeness (QED) is 0.626. The van der Waals surface area contributed by atoms with Crippen LogP contribution in [0.2, 0.25) is 0 Å². The second-order valence-electron chi connectivity index (χ2n) is 4.70. The number of nitro benzene ring substituents is 1. The number of carboxylic acids is 1. The molecular weight excluding hydrogens is 316 g/mol. The number of carboxylic acid groups (broad SMARTS) is 1. The van der Waals surface area contributed by atoms with Crippen LogP contribution < -0.4 is 4.74 Å². The number of benzene rings is 1. The van der Waals surface area contributed by atoms with Crippen LogP contribution in [0.15, 0.2) is 23.1 Å². The summed E-state index contributed by atoms with van der Waals surface area (Å²) in [5.41, 5.74) is -0.363. The van der Waals surface area contributed by atoms with E-state index in [4.69, 9.17) is 9.84 Å². The normalized spacial score (nSPS) is 19.0. The number of nitro groups is 1. The SMILES string of the molecule is COc1cc(S(=O)(=O)N2CCC[C@@H]2C(=O)O)ccc1[N+](=O)[O-]. The summed E-state index contributed by atoms with van der Waals surface area (Å²) < 4.78 is 30.8. The largest absolute Gasteiger partial charge is 0.490 e. The minimum Gasteiger partial charge on any atom is -0.490 e. The zero-order chi connectivity index (χ0) is 16.5. The van der Waals surface area contributed by atoms with E-state index < -0.39 is 27.0 Å². The summed E-state index contributed by atoms with van der Waals surface area (Å²) in [4.78, 5) is 21.0. The summed E-state index contributed by atoms with van der Waals surface area (Å²) in [5, 5.41) is 19.9. The van der Waals surface area contributed by atoms with Gasteiger partial charge in [-0.1, -0.05) is 0 Å². The Morgan fingerprint density at radius 2 is 2.18 bits per heavy atom. The number of rotatable bonds is 5. The number of carbonyl (C=O) groups is 1. The topological polar surface area (TPSA) is 127 Å². The summed E-state index contributed by atoms with van der Waals surface area (Å²) in [6, 6.07) is 2.02. The van der Waals surface area contributed by atoms with Crippen molar-refractivity contribution in [2.24, 2.45) is 0 Å². The molecule has 120 valence electrons. The van der Waals surface area contributed by atoms with Crippen molar-refractivity contribution in [2.45, 2.75) is 23.8 Å². The van der Waals surface area contributed by atoms with E-state index in [1.165, 1.54) is 7.11 Å². The van der Waals surface area contributed by atoms with Crippen molar-refractivity contribution in [3.05, 3.63) is 28.3 Å². The van der Waals surface area contributed by atoms with Crippen molar-refractivity contribution in [3.63, 3.8) is 0 Å². The number of methoxy groups -OCH3 is 1. The number of hydrogen-bond acceptors (Lipinski definition) is 6. The van der Waals surface area contributed by atoms with Gasteiger partial charge in [0.2, 0.25) is 10.0 Å². The zero-order valence-corrected chi connectivity index (χ0v) is 12.4. The Hall–Kier alpha value is -2.20. The van der Waals surface area contributed by atoms with Crippen LogP contribution in [-0.4, -0.2) is 48.4 Å². The standard InChI is InChI=1S/C12H14N2O7S/c1-21-11-7-8(4-5-9(11)14(17)18)22(19,20)13-6-2-3-10(13)12(15)16/h4-5,7,10H,2-3,6H2,1H3,(H,15,16)/t10-/m1/s1. The molecule has 2 rings (SSSR count). The fourth-order valence-corrected chi connectivity index (χ4v) is 4.05. The van der Waals surface area contributed by atoms with E-state index in [0.717, 1.165) is 22.5 Å². The molecule has 10 heteroatoms. The first-order valence-corrected chi connectivity index (χ1v) is 7.80. The molecule has 0 unspecified atom stereocenters. The Morgan fingerprint density at radius 3 is 2.73 bits per heavy atom. The van der Waals surface area contributed by atoms with Gasteiger partial charge < -0.3 is 9.84 Å². The van der Waals surface area contributed by atoms with Gasteiger partial charge in [0, 0.05) is 18.7 Å². The van der Waals surface area contributed by atoms with Crippen LogP contribution in [0.25, 0.3) is 0 Å². The molecule has 1 aliphatic heterocycles. The summed E-state index contributed by atoms with van der Waals surface area (Å²) in [7, 11) is -2.87. The van der Waals surface area contributed by atoms with E-state index in [9.17, 15) is 23.3 Å². The first kappa shape index (κ1) is 16.2. The Kier molecular flexibility index (Phi) is 4.33. The molecule has 22 heavy (non-hydrogen) atoms. The zero-order valence-electron chi connectivity index (χ0n) is 11.6. The van der Waals surface area contributed by atoms with Gasteiger partial charge in [0.05, 0.1) is 16.9 Å². The molecule has 1 atom stereocenters. The molecular formula is C12H14N2O7S. The minimum absolute atomic E-state index is 0.0958. The second-order valence-corrected chi connectivity index (χ2v) is 6.59. The average molecular weight is 330 g/mol. The van der Waals surface area contributed by atoms with E-state index in [2.05, 4.69) is 0 Å². The van der Waals surface area contributed by atoms with Crippen LogP contribution in [0.4, 0.5) is 5.69 Å². The summed E-state index contributed by atoms with van der Waals surface area (Å²) >= 11 is 0. The van der Waals surface area contributed by atoms with E-state index in [-0.39, 0.29) is 29.3 Å². The van der Waals surface area contributed by atoms with Gasteiger partial charge in [-0.3, -0.25) is 14.9 Å². The second kappa shape index (κ2) is 5.89. The molecule has 0 amide bonds. The number of aliphatic carboxylic acids is 1. The fraction of sp³-hybridized carbons (Fsp3) is 0.417. The molecule has 9 nitrogen and oxygen atoms in total. The van der Waals surface area contributed by atoms with Crippen molar-refractivity contribution < 1.29 is 28.0 Å². The molecule has 1 heterocycles. The van der Waals surface area contributed by atoms with Crippen molar-refractivity contribution in [2.75, 3.05) is 13.7 Å². The van der Waals surface area contributed by atoms with Crippen LogP contribution in [0.1, 0.15) is 12.8 Å². The van der Waals surface area contributed by atoms with E-state index in [1.54, 1.807) is 0 Å². The highest BCUT2D eigenvalue weighted by Gasteiger charge is 2.40. The lowest BCUT2D eigenvalue weighted by atomic mass is 10.2. The van der Waals surface area contributed by atoms with Crippen LogP contribution >= 0.6 is 0 Å². The Morgan fingerprint density at radius 1 is 1.50 bits per heavy atom. The van der Waals surface area contributed by atoms with Crippen LogP contribution in [0, 0.1) is 10.1 Å². The van der Waals surface area contributed by atoms with Gasteiger partial charge >= 0.3 is 11.7 Å². The first-order chi connectivity index (χ1) is 10.3. The Bertz CT molecular complexity index is 716. The Balaban J connectivity index is 2.46. The maximum absolute atomic E-state index is 12.5. The number of sulfonamides is 1.